The highest BCUT2D eigenvalue weighted by Gasteiger charge is 2.26. The first-order valence-corrected chi connectivity index (χ1v) is 16.6. The van der Waals surface area contributed by atoms with Crippen LogP contribution in [0.1, 0.15) is 64.1 Å². The van der Waals surface area contributed by atoms with E-state index in [0.717, 1.165) is 33.2 Å². The third-order valence-electron chi connectivity index (χ3n) is 8.48. The second-order valence-electron chi connectivity index (χ2n) is 11.9. The highest BCUT2D eigenvalue weighted by atomic mass is 32.1. The number of nitrogens with one attached hydrogen (secondary N) is 2. The number of pyridine rings is 1. The number of urea groups is 1. The van der Waals surface area contributed by atoms with Gasteiger partial charge >= 0.3 is 6.03 Å². The van der Waals surface area contributed by atoms with Gasteiger partial charge in [-0.3, -0.25) is 19.5 Å². The van der Waals surface area contributed by atoms with E-state index in [2.05, 4.69) is 15.6 Å². The first-order chi connectivity index (χ1) is 23.7. The van der Waals surface area contributed by atoms with Crippen LogP contribution in [0.2, 0.25) is 0 Å². The molecule has 5 aromatic rings. The molecule has 0 spiro atoms. The van der Waals surface area contributed by atoms with E-state index in [1.807, 2.05) is 104 Å². The fourth-order valence-electron chi connectivity index (χ4n) is 5.87. The number of hydrogen-bond donors (Lipinski definition) is 4. The van der Waals surface area contributed by atoms with Crippen LogP contribution in [-0.4, -0.2) is 38.8 Å². The predicted octanol–water partition coefficient (Wildman–Crippen LogP) is 5.95. The number of carbonyl (C=O) groups excluding carboxylic acids is 3. The highest BCUT2D eigenvalue weighted by Crippen LogP contribution is 2.29. The largest absolute Gasteiger partial charge is 0.368 e. The highest BCUT2D eigenvalue weighted by molar-refractivity contribution is 7.80. The lowest BCUT2D eigenvalue weighted by Gasteiger charge is -2.29. The molecular formula is C39H40N6O3S. The number of nitrogens with zero attached hydrogens (tertiary/aromatic N) is 2. The third-order valence-corrected chi connectivity index (χ3v) is 8.91. The molecule has 2 atom stereocenters. The monoisotopic (exact) mass is 672 g/mol. The lowest BCUT2D eigenvalue weighted by atomic mass is 9.98. The Balaban J connectivity index is 1.16. The van der Waals surface area contributed by atoms with Crippen LogP contribution in [0.25, 0.3) is 10.8 Å². The lowest BCUT2D eigenvalue weighted by Crippen LogP contribution is -2.44. The molecule has 4 amide bonds. The molecule has 0 saturated carbocycles. The number of rotatable bonds is 14. The first kappa shape index (κ1) is 34.9. The number of amides is 4. The van der Waals surface area contributed by atoms with Gasteiger partial charge in [-0.05, 0) is 84.0 Å². The van der Waals surface area contributed by atoms with E-state index in [1.165, 1.54) is 4.90 Å². The van der Waals surface area contributed by atoms with E-state index in [-0.39, 0.29) is 5.91 Å². The topological polar surface area (TPSA) is 143 Å². The van der Waals surface area contributed by atoms with E-state index < -0.39 is 24.0 Å². The summed E-state index contributed by atoms with van der Waals surface area (Å²) >= 11 is 5.82. The van der Waals surface area contributed by atoms with Gasteiger partial charge in [-0.15, -0.1) is 0 Å². The summed E-state index contributed by atoms with van der Waals surface area (Å²) in [5, 5.41) is 8.21. The summed E-state index contributed by atoms with van der Waals surface area (Å²) in [6.45, 7) is 3.17. The van der Waals surface area contributed by atoms with Crippen molar-refractivity contribution < 1.29 is 14.4 Å². The molecule has 5 rings (SSSR count). The fraction of sp³-hybridized carbons (Fsp3) is 0.205. The Hall–Kier alpha value is -5.45. The van der Waals surface area contributed by atoms with Gasteiger partial charge in [-0.25, -0.2) is 4.79 Å². The van der Waals surface area contributed by atoms with Gasteiger partial charge < -0.3 is 22.1 Å². The number of nitrogens with two attached hydrogens (primary N) is 2. The molecule has 0 radical (unpaired) electrons. The van der Waals surface area contributed by atoms with Gasteiger partial charge in [0.05, 0.1) is 11.7 Å². The zero-order valence-electron chi connectivity index (χ0n) is 27.3. The van der Waals surface area contributed by atoms with Gasteiger partial charge in [-0.1, -0.05) is 91.1 Å². The molecule has 0 bridgehead atoms. The maximum atomic E-state index is 13.0. The molecule has 250 valence electrons. The average molecular weight is 673 g/mol. The van der Waals surface area contributed by atoms with Gasteiger partial charge in [0.15, 0.2) is 0 Å². The fourth-order valence-corrected chi connectivity index (χ4v) is 6.24. The first-order valence-electron chi connectivity index (χ1n) is 16.2. The van der Waals surface area contributed by atoms with Crippen LogP contribution in [0.5, 0.6) is 0 Å². The van der Waals surface area contributed by atoms with Crippen molar-refractivity contribution in [2.75, 3.05) is 0 Å². The number of aryl methyl sites for hydroxylation is 1. The summed E-state index contributed by atoms with van der Waals surface area (Å²) in [6.07, 6.45) is 3.30. The van der Waals surface area contributed by atoms with Crippen LogP contribution < -0.4 is 22.1 Å². The summed E-state index contributed by atoms with van der Waals surface area (Å²) in [7, 11) is 0. The minimum Gasteiger partial charge on any atom is -0.368 e. The van der Waals surface area contributed by atoms with Gasteiger partial charge in [0.1, 0.15) is 11.0 Å². The van der Waals surface area contributed by atoms with Crippen molar-refractivity contribution in [2.24, 2.45) is 11.5 Å². The molecule has 0 aliphatic rings. The van der Waals surface area contributed by atoms with E-state index >= 15 is 0 Å². The smallest absolute Gasteiger partial charge is 0.320 e. The molecule has 49 heavy (non-hydrogen) atoms. The number of benzene rings is 4. The number of aromatic nitrogens is 1. The Morgan fingerprint density at radius 3 is 2.29 bits per heavy atom. The zero-order valence-corrected chi connectivity index (χ0v) is 28.2. The SMILES string of the molecule is C[C@@H](c1cccc2ccccc12)N(C(N)=O)C(=S)c1cccc(CCCC(NC(=O)c2ccc(CNCc3ccccn3)cc2)C(N)=O)c1. The molecule has 0 fully saturated rings. The Bertz CT molecular complexity index is 1930. The third kappa shape index (κ3) is 9.13. The summed E-state index contributed by atoms with van der Waals surface area (Å²) in [5.41, 5.74) is 16.6. The normalized spacial score (nSPS) is 12.2. The number of hydrogen-bond acceptors (Lipinski definition) is 6. The van der Waals surface area contributed by atoms with Crippen molar-refractivity contribution in [3.8, 4) is 0 Å². The van der Waals surface area contributed by atoms with E-state index in [4.69, 9.17) is 23.7 Å². The number of fused-ring (bicyclic) bond motifs is 1. The summed E-state index contributed by atoms with van der Waals surface area (Å²) in [6, 6.07) is 32.7. The summed E-state index contributed by atoms with van der Waals surface area (Å²) in [4.78, 5) is 44.0. The average Bonchev–Trinajstić information content (AvgIpc) is 3.11. The predicted molar refractivity (Wildman–Crippen MR) is 197 cm³/mol. The second-order valence-corrected chi connectivity index (χ2v) is 12.3. The van der Waals surface area contributed by atoms with Crippen molar-refractivity contribution in [1.82, 2.24) is 20.5 Å². The Morgan fingerprint density at radius 1 is 0.816 bits per heavy atom. The molecule has 0 saturated heterocycles. The van der Waals surface area contributed by atoms with Crippen molar-refractivity contribution in [3.05, 3.63) is 149 Å². The van der Waals surface area contributed by atoms with Crippen molar-refractivity contribution in [1.29, 1.82) is 0 Å². The van der Waals surface area contributed by atoms with E-state index in [0.29, 0.717) is 48.5 Å². The molecule has 4 aromatic carbocycles. The van der Waals surface area contributed by atoms with Gasteiger partial charge in [-0.2, -0.15) is 0 Å². The van der Waals surface area contributed by atoms with Gasteiger partial charge in [0, 0.05) is 30.4 Å². The number of carbonyl (C=O) groups is 3. The van der Waals surface area contributed by atoms with Crippen LogP contribution in [0.15, 0.2) is 115 Å². The van der Waals surface area contributed by atoms with Crippen LogP contribution in [0.4, 0.5) is 4.79 Å². The quantitative estimate of drug-likeness (QED) is 0.107. The van der Waals surface area contributed by atoms with Crippen molar-refractivity contribution in [2.45, 2.75) is 51.4 Å². The van der Waals surface area contributed by atoms with Crippen LogP contribution >= 0.6 is 12.2 Å². The van der Waals surface area contributed by atoms with Crippen LogP contribution in [0.3, 0.4) is 0 Å². The summed E-state index contributed by atoms with van der Waals surface area (Å²) in [5.74, 6) is -0.964. The molecule has 1 unspecified atom stereocenters. The standard InChI is InChI=1S/C39H40N6O3S/c1-26(33-16-8-12-29-11-2-3-15-34(29)33)45(39(41)48)38(49)31-13-6-9-27(23-31)10-7-17-35(36(40)46)44-37(47)30-20-18-28(19-21-30)24-42-25-32-14-4-5-22-43-32/h2-6,8-9,11-16,18-23,26,35,42H,7,10,17,24-25H2,1H3,(H2,40,46)(H2,41,48)(H,44,47)/t26-,35?/m0/s1. The molecular weight excluding hydrogens is 633 g/mol. The Kier molecular flexibility index (Phi) is 11.8. The zero-order chi connectivity index (χ0) is 34.8. The molecule has 0 aliphatic heterocycles. The molecule has 1 aromatic heterocycles. The molecule has 9 nitrogen and oxygen atoms in total. The summed E-state index contributed by atoms with van der Waals surface area (Å²) < 4.78 is 0. The molecule has 1 heterocycles. The van der Waals surface area contributed by atoms with E-state index in [9.17, 15) is 14.4 Å². The molecule has 6 N–H and O–H groups in total. The van der Waals surface area contributed by atoms with Gasteiger partial charge in [0.25, 0.3) is 5.91 Å². The minimum absolute atomic E-state index is 0.326. The van der Waals surface area contributed by atoms with Crippen LogP contribution in [-0.2, 0) is 24.3 Å². The Morgan fingerprint density at radius 2 is 1.55 bits per heavy atom. The lowest BCUT2D eigenvalue weighted by molar-refractivity contribution is -0.120. The minimum atomic E-state index is -0.830. The molecule has 10 heteroatoms. The van der Waals surface area contributed by atoms with E-state index in [1.54, 1.807) is 18.3 Å². The maximum Gasteiger partial charge on any atom is 0.320 e. The number of thiocarbonyl (C=S) groups is 1. The van der Waals surface area contributed by atoms with Gasteiger partial charge in [0.2, 0.25) is 5.91 Å². The van der Waals surface area contributed by atoms with Crippen LogP contribution in [0, 0.1) is 0 Å². The maximum absolute atomic E-state index is 13.0. The Labute approximate surface area is 291 Å². The number of primary amides is 2. The molecule has 0 aliphatic carbocycles. The second kappa shape index (κ2) is 16.6. The van der Waals surface area contributed by atoms with Crippen molar-refractivity contribution >= 4 is 45.8 Å². The van der Waals surface area contributed by atoms with Crippen molar-refractivity contribution in [3.63, 3.8) is 0 Å².